The molecular formula is C18H22I2N2O3S. The summed E-state index contributed by atoms with van der Waals surface area (Å²) >= 11 is 2.23. The Morgan fingerprint density at radius 1 is 1.46 bits per heavy atom. The summed E-state index contributed by atoms with van der Waals surface area (Å²) in [5.74, 6) is 0. The Morgan fingerprint density at radius 3 is 2.62 bits per heavy atom. The lowest BCUT2D eigenvalue weighted by atomic mass is 9.95. The fraction of sp³-hybridized carbons (Fsp3) is 0.278. The van der Waals surface area contributed by atoms with Gasteiger partial charge in [0.05, 0.1) is 12.4 Å². The first-order valence-electron chi connectivity index (χ1n) is 7.65. The highest BCUT2D eigenvalue weighted by atomic mass is 127. The van der Waals surface area contributed by atoms with E-state index in [2.05, 4.69) is 57.1 Å². The standard InChI is InChI=1S/C18H22I2N2O3S/c1-4-6-13(7-5-10-21)22-16(17(23)18(3,19)20)15-11-14(26(24)25)9-8-12(15)2/h4-11,16-17,21-23H,1H2,2-3H3,(H,24,25)/b7-5-,13-6+,21-10?/t16-,17+/m1/s1. The van der Waals surface area contributed by atoms with Gasteiger partial charge in [0.15, 0.2) is 11.1 Å². The molecule has 0 aliphatic carbocycles. The van der Waals surface area contributed by atoms with Gasteiger partial charge in [-0.25, -0.2) is 4.21 Å². The van der Waals surface area contributed by atoms with Crippen LogP contribution in [-0.2, 0) is 11.1 Å². The molecule has 8 heteroatoms. The van der Waals surface area contributed by atoms with Crippen LogP contribution >= 0.6 is 45.2 Å². The van der Waals surface area contributed by atoms with Crippen LogP contribution in [0.3, 0.4) is 0 Å². The molecule has 1 unspecified atom stereocenters. The lowest BCUT2D eigenvalue weighted by Crippen LogP contribution is -2.40. The number of halogens is 2. The van der Waals surface area contributed by atoms with E-state index in [0.29, 0.717) is 5.70 Å². The van der Waals surface area contributed by atoms with Crippen LogP contribution < -0.4 is 5.32 Å². The van der Waals surface area contributed by atoms with Crippen LogP contribution in [-0.4, -0.2) is 27.6 Å². The van der Waals surface area contributed by atoms with Crippen molar-refractivity contribution in [1.82, 2.24) is 5.32 Å². The second-order valence-corrected chi connectivity index (χ2v) is 13.2. The number of aliphatic hydroxyl groups is 1. The minimum Gasteiger partial charge on any atom is -0.388 e. The van der Waals surface area contributed by atoms with Gasteiger partial charge < -0.3 is 20.4 Å². The van der Waals surface area contributed by atoms with E-state index < -0.39 is 24.7 Å². The number of benzene rings is 1. The van der Waals surface area contributed by atoms with Crippen molar-refractivity contribution in [3.63, 3.8) is 0 Å². The molecular weight excluding hydrogens is 578 g/mol. The van der Waals surface area contributed by atoms with Gasteiger partial charge in [-0.3, -0.25) is 0 Å². The Labute approximate surface area is 184 Å². The molecule has 4 N–H and O–H groups in total. The van der Waals surface area contributed by atoms with Crippen molar-refractivity contribution in [2.75, 3.05) is 0 Å². The number of nitrogens with one attached hydrogen (secondary N) is 2. The van der Waals surface area contributed by atoms with Gasteiger partial charge in [-0.1, -0.05) is 63.9 Å². The normalized spacial score (nSPS) is 16.2. The maximum atomic E-state index is 11.5. The van der Waals surface area contributed by atoms with Crippen molar-refractivity contribution in [3.8, 4) is 0 Å². The first kappa shape index (κ1) is 23.5. The summed E-state index contributed by atoms with van der Waals surface area (Å²) in [4.78, 5) is 0.275. The van der Waals surface area contributed by atoms with Crippen molar-refractivity contribution >= 4 is 62.5 Å². The molecule has 0 bridgehead atoms. The van der Waals surface area contributed by atoms with E-state index in [-0.39, 0.29) is 4.90 Å². The van der Waals surface area contributed by atoms with E-state index in [4.69, 9.17) is 5.41 Å². The summed E-state index contributed by atoms with van der Waals surface area (Å²) in [6.07, 6.45) is 6.97. The highest BCUT2D eigenvalue weighted by Gasteiger charge is 2.35. The Bertz CT molecular complexity index is 742. The number of allylic oxidation sites excluding steroid dienone is 4. The molecule has 0 spiro atoms. The Hall–Kier alpha value is -0.560. The van der Waals surface area contributed by atoms with E-state index >= 15 is 0 Å². The summed E-state index contributed by atoms with van der Waals surface area (Å²) in [5.41, 5.74) is 2.29. The van der Waals surface area contributed by atoms with Gasteiger partial charge >= 0.3 is 0 Å². The van der Waals surface area contributed by atoms with Gasteiger partial charge in [0.1, 0.15) is 6.10 Å². The first-order chi connectivity index (χ1) is 12.1. The van der Waals surface area contributed by atoms with Gasteiger partial charge in [-0.15, -0.1) is 0 Å². The topological polar surface area (TPSA) is 93.4 Å². The van der Waals surface area contributed by atoms with Crippen molar-refractivity contribution in [3.05, 3.63) is 65.9 Å². The Balaban J connectivity index is 3.47. The zero-order valence-electron chi connectivity index (χ0n) is 14.4. The number of aliphatic hydroxyl groups excluding tert-OH is 1. The van der Waals surface area contributed by atoms with Crippen LogP contribution in [0.5, 0.6) is 0 Å². The van der Waals surface area contributed by atoms with Gasteiger partial charge in [0.25, 0.3) is 0 Å². The minimum absolute atomic E-state index is 0.275. The molecule has 1 aromatic carbocycles. The monoisotopic (exact) mass is 600 g/mol. The molecule has 5 nitrogen and oxygen atoms in total. The maximum absolute atomic E-state index is 11.5. The van der Waals surface area contributed by atoms with Gasteiger partial charge in [0, 0.05) is 11.9 Å². The number of rotatable bonds is 9. The van der Waals surface area contributed by atoms with Crippen LogP contribution in [0, 0.1) is 12.3 Å². The van der Waals surface area contributed by atoms with Gasteiger partial charge in [-0.05, 0) is 55.3 Å². The van der Waals surface area contributed by atoms with E-state index in [9.17, 15) is 13.9 Å². The van der Waals surface area contributed by atoms with Crippen LogP contribution in [0.4, 0.5) is 0 Å². The van der Waals surface area contributed by atoms with Crippen LogP contribution in [0.15, 0.2) is 59.7 Å². The zero-order valence-corrected chi connectivity index (χ0v) is 19.6. The second-order valence-electron chi connectivity index (χ2n) is 5.67. The molecule has 0 aliphatic rings. The van der Waals surface area contributed by atoms with Gasteiger partial charge in [-0.2, -0.15) is 0 Å². The van der Waals surface area contributed by atoms with Crippen molar-refractivity contribution in [1.29, 1.82) is 5.41 Å². The number of hydrogen-bond donors (Lipinski definition) is 4. The van der Waals surface area contributed by atoms with E-state index in [1.54, 1.807) is 42.5 Å². The molecule has 0 saturated carbocycles. The summed E-state index contributed by atoms with van der Waals surface area (Å²) < 4.78 is 20.4. The number of hydrogen-bond acceptors (Lipinski definition) is 4. The highest BCUT2D eigenvalue weighted by molar-refractivity contribution is 14.2. The molecule has 0 heterocycles. The van der Waals surface area contributed by atoms with Crippen molar-refractivity contribution < 1.29 is 13.9 Å². The molecule has 1 aromatic rings. The molecule has 0 saturated heterocycles. The average molecular weight is 600 g/mol. The fourth-order valence-electron chi connectivity index (χ4n) is 2.29. The average Bonchev–Trinajstić information content (AvgIpc) is 2.56. The predicted molar refractivity (Wildman–Crippen MR) is 125 cm³/mol. The maximum Gasteiger partial charge on any atom is 0.186 e. The lowest BCUT2D eigenvalue weighted by Gasteiger charge is -2.33. The fourth-order valence-corrected chi connectivity index (χ4v) is 3.42. The van der Waals surface area contributed by atoms with Crippen molar-refractivity contribution in [2.24, 2.45) is 0 Å². The largest absolute Gasteiger partial charge is 0.388 e. The van der Waals surface area contributed by atoms with E-state index in [1.165, 1.54) is 0 Å². The second kappa shape index (κ2) is 10.7. The van der Waals surface area contributed by atoms with Gasteiger partial charge in [0.2, 0.25) is 0 Å². The quantitative estimate of drug-likeness (QED) is 0.111. The summed E-state index contributed by atoms with van der Waals surface area (Å²) in [6.45, 7) is 7.49. The molecule has 0 aromatic heterocycles. The minimum atomic E-state index is -2.11. The molecule has 0 aliphatic heterocycles. The third-order valence-electron chi connectivity index (χ3n) is 3.61. The highest BCUT2D eigenvalue weighted by Crippen LogP contribution is 2.38. The third-order valence-corrected chi connectivity index (χ3v) is 5.55. The molecule has 1 rings (SSSR count). The van der Waals surface area contributed by atoms with E-state index in [1.807, 2.05) is 13.8 Å². The Morgan fingerprint density at radius 2 is 2.12 bits per heavy atom. The molecule has 0 amide bonds. The number of aryl methyl sites for hydroxylation is 1. The lowest BCUT2D eigenvalue weighted by molar-refractivity contribution is 0.133. The van der Waals surface area contributed by atoms with Crippen LogP contribution in [0.1, 0.15) is 24.1 Å². The number of alkyl halides is 2. The Kier molecular flexibility index (Phi) is 9.65. The van der Waals surface area contributed by atoms with Crippen LogP contribution in [0.25, 0.3) is 0 Å². The predicted octanol–water partition coefficient (Wildman–Crippen LogP) is 4.43. The SMILES string of the molecule is C=C/C=C(\C=C/C=N)N[C@H](c1cc(S(=O)O)ccc1C)[C@H](O)C(C)(I)I. The van der Waals surface area contributed by atoms with Crippen molar-refractivity contribution in [2.45, 2.75) is 32.3 Å². The molecule has 142 valence electrons. The molecule has 3 atom stereocenters. The zero-order chi connectivity index (χ0) is 19.9. The van der Waals surface area contributed by atoms with E-state index in [0.717, 1.165) is 17.3 Å². The summed E-state index contributed by atoms with van der Waals surface area (Å²) in [5, 5.41) is 21.4. The molecule has 0 fully saturated rings. The smallest absolute Gasteiger partial charge is 0.186 e. The molecule has 26 heavy (non-hydrogen) atoms. The van der Waals surface area contributed by atoms with Crippen LogP contribution in [0.2, 0.25) is 0 Å². The first-order valence-corrected chi connectivity index (χ1v) is 10.9. The summed E-state index contributed by atoms with van der Waals surface area (Å²) in [7, 11) is 0. The third kappa shape index (κ3) is 6.87. The molecule has 0 radical (unpaired) electrons. The summed E-state index contributed by atoms with van der Waals surface area (Å²) in [6, 6.07) is 4.47.